The lowest BCUT2D eigenvalue weighted by Crippen LogP contribution is -2.44. The van der Waals surface area contributed by atoms with Crippen molar-refractivity contribution in [3.8, 4) is 17.2 Å². The minimum Gasteiger partial charge on any atom is -0.493 e. The Labute approximate surface area is 222 Å². The quantitative estimate of drug-likeness (QED) is 0.219. The second kappa shape index (κ2) is 11.1. The number of halogens is 3. The van der Waals surface area contributed by atoms with Gasteiger partial charge >= 0.3 is 6.18 Å². The number of hydrogen-bond acceptors (Lipinski definition) is 6. The smallest absolute Gasteiger partial charge is 0.416 e. The van der Waals surface area contributed by atoms with Gasteiger partial charge in [0.05, 0.1) is 30.7 Å². The van der Waals surface area contributed by atoms with Crippen molar-refractivity contribution < 1.29 is 32.3 Å². The number of fused-ring (bicyclic) bond motifs is 1. The van der Waals surface area contributed by atoms with Crippen LogP contribution >= 0.6 is 12.2 Å². The molecule has 0 aliphatic carbocycles. The van der Waals surface area contributed by atoms with Gasteiger partial charge in [-0.3, -0.25) is 10.1 Å². The van der Waals surface area contributed by atoms with Crippen LogP contribution in [0.1, 0.15) is 22.7 Å². The van der Waals surface area contributed by atoms with Gasteiger partial charge < -0.3 is 24.4 Å². The van der Waals surface area contributed by atoms with Gasteiger partial charge in [-0.25, -0.2) is 0 Å². The molecule has 0 saturated heterocycles. The van der Waals surface area contributed by atoms with Crippen molar-refractivity contribution in [1.82, 2.24) is 4.90 Å². The van der Waals surface area contributed by atoms with Crippen LogP contribution < -0.4 is 19.5 Å². The van der Waals surface area contributed by atoms with Crippen LogP contribution in [-0.4, -0.2) is 42.3 Å². The first-order valence-corrected chi connectivity index (χ1v) is 11.9. The van der Waals surface area contributed by atoms with Crippen molar-refractivity contribution in [3.63, 3.8) is 0 Å². The van der Waals surface area contributed by atoms with Gasteiger partial charge in [-0.1, -0.05) is 6.07 Å². The molecule has 0 saturated carbocycles. The fourth-order valence-corrected chi connectivity index (χ4v) is 4.60. The highest BCUT2D eigenvalue weighted by molar-refractivity contribution is 7.80. The zero-order chi connectivity index (χ0) is 27.4. The zero-order valence-electron chi connectivity index (χ0n) is 20.4. The summed E-state index contributed by atoms with van der Waals surface area (Å²) >= 11 is 5.63. The highest BCUT2D eigenvalue weighted by Gasteiger charge is 2.33. The zero-order valence-corrected chi connectivity index (χ0v) is 21.3. The molecule has 0 bridgehead atoms. The van der Waals surface area contributed by atoms with E-state index in [-0.39, 0.29) is 23.1 Å². The van der Waals surface area contributed by atoms with E-state index in [0.29, 0.717) is 30.2 Å². The van der Waals surface area contributed by atoms with E-state index in [1.54, 1.807) is 7.11 Å². The highest BCUT2D eigenvalue weighted by Crippen LogP contribution is 2.39. The molecule has 200 valence electrons. The van der Waals surface area contributed by atoms with Crippen molar-refractivity contribution in [3.05, 3.63) is 87.5 Å². The number of thiocarbonyl (C=S) groups is 1. The maximum atomic E-state index is 13.2. The Morgan fingerprint density at radius 1 is 1.11 bits per heavy atom. The molecule has 38 heavy (non-hydrogen) atoms. The predicted octanol–water partition coefficient (Wildman–Crippen LogP) is 6.01. The second-order valence-corrected chi connectivity index (χ2v) is 8.82. The third-order valence-electron chi connectivity index (χ3n) is 6.16. The van der Waals surface area contributed by atoms with Crippen LogP contribution in [0.5, 0.6) is 17.2 Å². The maximum absolute atomic E-state index is 13.2. The molecule has 0 aromatic heterocycles. The summed E-state index contributed by atoms with van der Waals surface area (Å²) in [4.78, 5) is 12.3. The summed E-state index contributed by atoms with van der Waals surface area (Å²) in [5, 5.41) is 14.1. The van der Waals surface area contributed by atoms with E-state index in [1.165, 1.54) is 43.5 Å². The normalized spacial score (nSPS) is 14.9. The largest absolute Gasteiger partial charge is 0.493 e. The SMILES string of the molecule is COc1cc2c(cc1OC)C(COc1ccc([N+](=O)[O-])cc1)N(C(=S)Nc1cccc(C(F)(F)F)c1)CC2. The summed E-state index contributed by atoms with van der Waals surface area (Å²) < 4.78 is 56.5. The first-order chi connectivity index (χ1) is 18.1. The van der Waals surface area contributed by atoms with Crippen molar-refractivity contribution in [2.75, 3.05) is 32.7 Å². The fraction of sp³-hybridized carbons (Fsp3) is 0.269. The number of rotatable bonds is 7. The average molecular weight is 548 g/mol. The lowest BCUT2D eigenvalue weighted by Gasteiger charge is -2.39. The molecule has 0 radical (unpaired) electrons. The minimum atomic E-state index is -4.49. The molecule has 0 spiro atoms. The number of nitro groups is 1. The first kappa shape index (κ1) is 27.0. The molecule has 1 atom stereocenters. The van der Waals surface area contributed by atoms with Crippen LogP contribution in [0.25, 0.3) is 0 Å². The molecule has 1 aliphatic heterocycles. The fourth-order valence-electron chi connectivity index (χ4n) is 4.26. The number of methoxy groups -OCH3 is 2. The van der Waals surface area contributed by atoms with Gasteiger partial charge in [0.15, 0.2) is 16.6 Å². The van der Waals surface area contributed by atoms with Gasteiger partial charge in [0.25, 0.3) is 5.69 Å². The molecule has 1 unspecified atom stereocenters. The summed E-state index contributed by atoms with van der Waals surface area (Å²) in [6, 6.07) is 13.8. The van der Waals surface area contributed by atoms with Crippen LogP contribution in [-0.2, 0) is 12.6 Å². The number of ether oxygens (including phenoxy) is 3. The maximum Gasteiger partial charge on any atom is 0.416 e. The second-order valence-electron chi connectivity index (χ2n) is 8.44. The highest BCUT2D eigenvalue weighted by atomic mass is 32.1. The number of non-ortho nitro benzene ring substituents is 1. The molecule has 1 heterocycles. The lowest BCUT2D eigenvalue weighted by molar-refractivity contribution is -0.384. The summed E-state index contributed by atoms with van der Waals surface area (Å²) in [6.45, 7) is 0.562. The van der Waals surface area contributed by atoms with Crippen LogP contribution in [0, 0.1) is 10.1 Å². The minimum absolute atomic E-state index is 0.0646. The van der Waals surface area contributed by atoms with E-state index >= 15 is 0 Å². The van der Waals surface area contributed by atoms with Gasteiger partial charge in [-0.05, 0) is 72.2 Å². The Morgan fingerprint density at radius 3 is 2.42 bits per heavy atom. The van der Waals surface area contributed by atoms with Crippen LogP contribution in [0.4, 0.5) is 24.5 Å². The summed E-state index contributed by atoms with van der Waals surface area (Å²) in [5.74, 6) is 1.49. The Balaban J connectivity index is 1.63. The summed E-state index contributed by atoms with van der Waals surface area (Å²) in [7, 11) is 3.07. The third-order valence-corrected chi connectivity index (χ3v) is 6.50. The number of nitrogens with zero attached hydrogens (tertiary/aromatic N) is 2. The lowest BCUT2D eigenvalue weighted by atomic mass is 9.92. The van der Waals surface area contributed by atoms with Crippen molar-refractivity contribution in [2.24, 2.45) is 0 Å². The van der Waals surface area contributed by atoms with E-state index in [2.05, 4.69) is 5.32 Å². The Hall–Kier alpha value is -4.06. The van der Waals surface area contributed by atoms with Gasteiger partial charge in [0.2, 0.25) is 0 Å². The van der Waals surface area contributed by atoms with Crippen LogP contribution in [0.15, 0.2) is 60.7 Å². The van der Waals surface area contributed by atoms with E-state index in [1.807, 2.05) is 17.0 Å². The Kier molecular flexibility index (Phi) is 7.91. The Morgan fingerprint density at radius 2 is 1.79 bits per heavy atom. The average Bonchev–Trinajstić information content (AvgIpc) is 2.90. The van der Waals surface area contributed by atoms with Gasteiger partial charge in [0, 0.05) is 24.4 Å². The topological polar surface area (TPSA) is 86.1 Å². The van der Waals surface area contributed by atoms with E-state index < -0.39 is 22.7 Å². The van der Waals surface area contributed by atoms with Gasteiger partial charge in [-0.15, -0.1) is 0 Å². The molecule has 4 rings (SSSR count). The first-order valence-electron chi connectivity index (χ1n) is 11.5. The monoisotopic (exact) mass is 547 g/mol. The predicted molar refractivity (Wildman–Crippen MR) is 139 cm³/mol. The molecule has 1 N–H and O–H groups in total. The number of hydrogen-bond donors (Lipinski definition) is 1. The Bertz CT molecular complexity index is 1330. The molecule has 12 heteroatoms. The number of anilines is 1. The molecule has 3 aromatic rings. The van der Waals surface area contributed by atoms with Crippen molar-refractivity contribution in [1.29, 1.82) is 0 Å². The standard InChI is InChI=1S/C26H24F3N3O5S/c1-35-23-12-16-10-11-31(25(38)30-18-5-3-4-17(13-18)26(27,28)29)22(21(16)14-24(23)36-2)15-37-20-8-6-19(7-9-20)32(33)34/h3-9,12-14,22H,10-11,15H2,1-2H3,(H,30,38). The molecule has 8 nitrogen and oxygen atoms in total. The molecule has 1 aliphatic rings. The van der Waals surface area contributed by atoms with Gasteiger partial charge in [0.1, 0.15) is 12.4 Å². The number of nitro benzene ring substituents is 1. The van der Waals surface area contributed by atoms with Crippen molar-refractivity contribution >= 4 is 28.7 Å². The number of benzene rings is 3. The third kappa shape index (κ3) is 5.91. The van der Waals surface area contributed by atoms with Crippen LogP contribution in [0.2, 0.25) is 0 Å². The van der Waals surface area contributed by atoms with Crippen LogP contribution in [0.3, 0.4) is 0 Å². The van der Waals surface area contributed by atoms with E-state index in [4.69, 9.17) is 26.4 Å². The number of alkyl halides is 3. The van der Waals surface area contributed by atoms with Gasteiger partial charge in [-0.2, -0.15) is 13.2 Å². The summed E-state index contributed by atoms with van der Waals surface area (Å²) in [5.41, 5.74) is 1.19. The summed E-state index contributed by atoms with van der Waals surface area (Å²) in [6.07, 6.45) is -3.89. The molecular formula is C26H24F3N3O5S. The molecule has 3 aromatic carbocycles. The van der Waals surface area contributed by atoms with E-state index in [9.17, 15) is 23.3 Å². The molecule has 0 fully saturated rings. The number of nitrogens with one attached hydrogen (secondary N) is 1. The molecule has 0 amide bonds. The van der Waals surface area contributed by atoms with E-state index in [0.717, 1.165) is 23.3 Å². The van der Waals surface area contributed by atoms with Crippen molar-refractivity contribution in [2.45, 2.75) is 18.6 Å². The molecular weight excluding hydrogens is 523 g/mol.